The van der Waals surface area contributed by atoms with Crippen LogP contribution >= 0.6 is 11.8 Å². The van der Waals surface area contributed by atoms with Crippen molar-refractivity contribution in [3.05, 3.63) is 0 Å². The molecule has 0 heterocycles. The number of carboxylic acid groups (broad SMARTS) is 1. The van der Waals surface area contributed by atoms with Gasteiger partial charge in [0.05, 0.1) is 0 Å². The van der Waals surface area contributed by atoms with Crippen LogP contribution in [0.5, 0.6) is 0 Å². The summed E-state index contributed by atoms with van der Waals surface area (Å²) in [5.41, 5.74) is -0.786. The van der Waals surface area contributed by atoms with E-state index in [1.165, 1.54) is 25.7 Å². The molecule has 1 saturated carbocycles. The number of nitrogens with one attached hydrogen (secondary N) is 1. The summed E-state index contributed by atoms with van der Waals surface area (Å²) in [6, 6.07) is 0. The number of likely N-dealkylation sites (N-methyl/N-ethyl adjacent to an activating group) is 1. The Balaban J connectivity index is 2.40. The number of hydrogen-bond acceptors (Lipinski definition) is 3. The Morgan fingerprint density at radius 1 is 1.56 bits per heavy atom. The van der Waals surface area contributed by atoms with E-state index in [9.17, 15) is 4.79 Å². The number of aliphatic carboxylic acids is 1. The van der Waals surface area contributed by atoms with Gasteiger partial charge in [-0.3, -0.25) is 4.79 Å². The van der Waals surface area contributed by atoms with Gasteiger partial charge in [0.1, 0.15) is 5.54 Å². The minimum absolute atomic E-state index is 0.649. The molecule has 0 aromatic heterocycles. The summed E-state index contributed by atoms with van der Waals surface area (Å²) in [4.78, 5) is 11.1. The first kappa shape index (κ1) is 13.8. The predicted octanol–water partition coefficient (Wildman–Crippen LogP) is 2.36. The molecule has 0 aromatic carbocycles. The van der Waals surface area contributed by atoms with Crippen molar-refractivity contribution in [3.8, 4) is 0 Å². The van der Waals surface area contributed by atoms with Crippen molar-refractivity contribution in [2.75, 3.05) is 12.8 Å². The maximum absolute atomic E-state index is 11.1. The molecule has 0 spiro atoms. The number of carbonyl (C=O) groups is 1. The zero-order valence-corrected chi connectivity index (χ0v) is 11.3. The van der Waals surface area contributed by atoms with Crippen LogP contribution in [-0.2, 0) is 4.79 Å². The average Bonchev–Trinajstić information content (AvgIpc) is 2.26. The van der Waals surface area contributed by atoms with Crippen molar-refractivity contribution < 1.29 is 9.90 Å². The van der Waals surface area contributed by atoms with Crippen molar-refractivity contribution >= 4 is 17.7 Å². The van der Waals surface area contributed by atoms with Crippen molar-refractivity contribution in [2.45, 2.75) is 50.3 Å². The zero-order valence-electron chi connectivity index (χ0n) is 10.5. The third kappa shape index (κ3) is 3.67. The summed E-state index contributed by atoms with van der Waals surface area (Å²) in [6.45, 7) is 4.05. The summed E-state index contributed by atoms with van der Waals surface area (Å²) in [5.74, 6) is 0.694. The third-order valence-corrected chi connectivity index (χ3v) is 5.16. The quantitative estimate of drug-likeness (QED) is 0.780. The fourth-order valence-corrected chi connectivity index (χ4v) is 3.69. The van der Waals surface area contributed by atoms with Crippen LogP contribution in [0.2, 0.25) is 0 Å². The van der Waals surface area contributed by atoms with E-state index in [1.807, 2.05) is 11.8 Å². The maximum atomic E-state index is 11.1. The van der Waals surface area contributed by atoms with E-state index in [-0.39, 0.29) is 0 Å². The number of carboxylic acids is 1. The van der Waals surface area contributed by atoms with Crippen LogP contribution in [0.15, 0.2) is 0 Å². The topological polar surface area (TPSA) is 49.3 Å². The predicted molar refractivity (Wildman–Crippen MR) is 69.0 cm³/mol. The lowest BCUT2D eigenvalue weighted by atomic mass is 9.91. The highest BCUT2D eigenvalue weighted by Crippen LogP contribution is 2.33. The van der Waals surface area contributed by atoms with Crippen molar-refractivity contribution in [1.29, 1.82) is 0 Å². The normalized spacial score (nSPS) is 29.7. The van der Waals surface area contributed by atoms with E-state index >= 15 is 0 Å². The molecule has 0 aliphatic heterocycles. The minimum atomic E-state index is -0.786. The first-order valence-corrected chi connectivity index (χ1v) is 7.06. The van der Waals surface area contributed by atoms with E-state index in [2.05, 4.69) is 12.2 Å². The molecule has 1 aliphatic rings. The lowest BCUT2D eigenvalue weighted by Crippen LogP contribution is -2.50. The molecule has 4 heteroatoms. The lowest BCUT2D eigenvalue weighted by molar-refractivity contribution is -0.142. The number of hydrogen-bond donors (Lipinski definition) is 2. The molecule has 1 fully saturated rings. The van der Waals surface area contributed by atoms with Gasteiger partial charge in [-0.05, 0) is 32.7 Å². The first-order valence-electron chi connectivity index (χ1n) is 6.02. The van der Waals surface area contributed by atoms with Gasteiger partial charge in [0.25, 0.3) is 0 Å². The van der Waals surface area contributed by atoms with Crippen molar-refractivity contribution in [1.82, 2.24) is 5.32 Å². The Kier molecular flexibility index (Phi) is 5.12. The SMILES string of the molecule is CNC(C)(CSC1CCCC(C)C1)C(=O)O. The molecule has 1 aliphatic carbocycles. The summed E-state index contributed by atoms with van der Waals surface area (Å²) in [7, 11) is 1.72. The van der Waals surface area contributed by atoms with E-state index in [1.54, 1.807) is 14.0 Å². The van der Waals surface area contributed by atoms with Gasteiger partial charge in [0.2, 0.25) is 0 Å². The Hall–Kier alpha value is -0.220. The molecular weight excluding hydrogens is 222 g/mol. The van der Waals surface area contributed by atoms with Gasteiger partial charge in [0, 0.05) is 11.0 Å². The molecule has 3 atom stereocenters. The summed E-state index contributed by atoms with van der Waals surface area (Å²) < 4.78 is 0. The standard InChI is InChI=1S/C12H23NO2S/c1-9-5-4-6-10(7-9)16-8-12(2,13-3)11(14)15/h9-10,13H,4-8H2,1-3H3,(H,14,15). The average molecular weight is 245 g/mol. The molecule has 94 valence electrons. The monoisotopic (exact) mass is 245 g/mol. The molecule has 2 N–H and O–H groups in total. The van der Waals surface area contributed by atoms with Gasteiger partial charge in [0.15, 0.2) is 0 Å². The highest BCUT2D eigenvalue weighted by molar-refractivity contribution is 8.00. The Labute approximate surface area is 102 Å². The third-order valence-electron chi connectivity index (χ3n) is 3.52. The smallest absolute Gasteiger partial charge is 0.324 e. The van der Waals surface area contributed by atoms with Gasteiger partial charge in [-0.15, -0.1) is 0 Å². The van der Waals surface area contributed by atoms with E-state index < -0.39 is 11.5 Å². The van der Waals surface area contributed by atoms with Gasteiger partial charge < -0.3 is 10.4 Å². The van der Waals surface area contributed by atoms with Crippen LogP contribution in [0.4, 0.5) is 0 Å². The van der Waals surface area contributed by atoms with Crippen LogP contribution in [-0.4, -0.2) is 34.7 Å². The second kappa shape index (κ2) is 5.92. The van der Waals surface area contributed by atoms with Gasteiger partial charge >= 0.3 is 5.97 Å². The van der Waals surface area contributed by atoms with Crippen molar-refractivity contribution in [2.24, 2.45) is 5.92 Å². The number of rotatable bonds is 5. The van der Waals surface area contributed by atoms with Crippen LogP contribution in [0, 0.1) is 5.92 Å². The second-order valence-electron chi connectivity index (χ2n) is 5.09. The molecular formula is C12H23NO2S. The fourth-order valence-electron chi connectivity index (χ4n) is 2.06. The molecule has 3 nitrogen and oxygen atoms in total. The van der Waals surface area contributed by atoms with E-state index in [4.69, 9.17) is 5.11 Å². The summed E-state index contributed by atoms with van der Waals surface area (Å²) >= 11 is 1.82. The molecule has 3 unspecified atom stereocenters. The van der Waals surface area contributed by atoms with Gasteiger partial charge in [-0.2, -0.15) is 11.8 Å². The van der Waals surface area contributed by atoms with Crippen LogP contribution < -0.4 is 5.32 Å². The summed E-state index contributed by atoms with van der Waals surface area (Å²) in [6.07, 6.45) is 5.11. The van der Waals surface area contributed by atoms with Crippen LogP contribution in [0.1, 0.15) is 39.5 Å². The van der Waals surface area contributed by atoms with Crippen molar-refractivity contribution in [3.63, 3.8) is 0 Å². The Bertz CT molecular complexity index is 247. The molecule has 1 rings (SSSR count). The number of thioether (sulfide) groups is 1. The highest BCUT2D eigenvalue weighted by Gasteiger charge is 2.32. The Morgan fingerprint density at radius 3 is 2.75 bits per heavy atom. The lowest BCUT2D eigenvalue weighted by Gasteiger charge is -2.30. The molecule has 0 aromatic rings. The van der Waals surface area contributed by atoms with E-state index in [0.29, 0.717) is 11.0 Å². The molecule has 0 bridgehead atoms. The first-order chi connectivity index (χ1) is 7.48. The van der Waals surface area contributed by atoms with Crippen LogP contribution in [0.3, 0.4) is 0 Å². The molecule has 0 saturated heterocycles. The van der Waals surface area contributed by atoms with Crippen LogP contribution in [0.25, 0.3) is 0 Å². The van der Waals surface area contributed by atoms with Gasteiger partial charge in [-0.25, -0.2) is 0 Å². The molecule has 0 amide bonds. The Morgan fingerprint density at radius 2 is 2.25 bits per heavy atom. The summed E-state index contributed by atoms with van der Waals surface area (Å²) in [5, 5.41) is 12.7. The largest absolute Gasteiger partial charge is 0.480 e. The second-order valence-corrected chi connectivity index (χ2v) is 6.38. The maximum Gasteiger partial charge on any atom is 0.324 e. The van der Waals surface area contributed by atoms with Gasteiger partial charge in [-0.1, -0.05) is 19.8 Å². The van der Waals surface area contributed by atoms with E-state index in [0.717, 1.165) is 5.92 Å². The molecule has 16 heavy (non-hydrogen) atoms. The fraction of sp³-hybridized carbons (Fsp3) is 0.917. The minimum Gasteiger partial charge on any atom is -0.480 e. The molecule has 0 radical (unpaired) electrons. The highest BCUT2D eigenvalue weighted by atomic mass is 32.2. The zero-order chi connectivity index (χ0) is 12.2.